The topological polar surface area (TPSA) is 88.1 Å². The Morgan fingerprint density at radius 1 is 0.946 bits per heavy atom. The molecule has 3 aromatic rings. The van der Waals surface area contributed by atoms with E-state index in [1.807, 2.05) is 30.3 Å². The number of nitrogens with zero attached hydrogens (tertiary/aromatic N) is 5. The van der Waals surface area contributed by atoms with E-state index in [9.17, 15) is 14.0 Å². The number of benzene rings is 2. The molecule has 1 saturated heterocycles. The van der Waals surface area contributed by atoms with E-state index in [4.69, 9.17) is 9.47 Å². The van der Waals surface area contributed by atoms with Gasteiger partial charge >= 0.3 is 0 Å². The highest BCUT2D eigenvalue weighted by atomic mass is 19.1. The maximum Gasteiger partial charge on any atom is 0.257 e. The summed E-state index contributed by atoms with van der Waals surface area (Å²) in [6.45, 7) is 4.14. The van der Waals surface area contributed by atoms with Crippen molar-refractivity contribution in [3.8, 4) is 22.8 Å². The van der Waals surface area contributed by atoms with E-state index >= 15 is 0 Å². The number of halogens is 1. The summed E-state index contributed by atoms with van der Waals surface area (Å²) in [6, 6.07) is 15.2. The summed E-state index contributed by atoms with van der Waals surface area (Å²) < 4.78 is 24.7. The van der Waals surface area contributed by atoms with Gasteiger partial charge in [-0.05, 0) is 49.4 Å². The number of carbonyl (C=O) groups excluding carboxylic acids is 2. The van der Waals surface area contributed by atoms with Gasteiger partial charge in [0.05, 0.1) is 25.5 Å². The van der Waals surface area contributed by atoms with Gasteiger partial charge in [-0.2, -0.15) is 0 Å². The highest BCUT2D eigenvalue weighted by molar-refractivity contribution is 5.96. The van der Waals surface area contributed by atoms with Gasteiger partial charge in [0.1, 0.15) is 12.4 Å². The second-order valence-corrected chi connectivity index (χ2v) is 8.51. The van der Waals surface area contributed by atoms with Crippen molar-refractivity contribution in [2.45, 2.75) is 6.92 Å². The SMILES string of the molecule is CCN(CC(=O)N1CCN(c2ccc(-c3ccc(OC)c(OC)c3)nn2)CC1)C(=O)c1ccccc1F. The number of hydrogen-bond acceptors (Lipinski definition) is 7. The van der Waals surface area contributed by atoms with Gasteiger partial charge in [-0.15, -0.1) is 10.2 Å². The van der Waals surface area contributed by atoms with Crippen LogP contribution in [0.3, 0.4) is 0 Å². The molecule has 1 aliphatic rings. The zero-order valence-electron chi connectivity index (χ0n) is 21.2. The number of piperazine rings is 1. The molecule has 1 aliphatic heterocycles. The van der Waals surface area contributed by atoms with Crippen LogP contribution < -0.4 is 14.4 Å². The van der Waals surface area contributed by atoms with Crippen LogP contribution in [-0.2, 0) is 4.79 Å². The minimum Gasteiger partial charge on any atom is -0.493 e. The summed E-state index contributed by atoms with van der Waals surface area (Å²) in [6.07, 6.45) is 0. The van der Waals surface area contributed by atoms with Crippen molar-refractivity contribution in [1.29, 1.82) is 0 Å². The summed E-state index contributed by atoms with van der Waals surface area (Å²) in [5.74, 6) is 0.732. The minimum atomic E-state index is -0.592. The van der Waals surface area contributed by atoms with E-state index in [-0.39, 0.29) is 18.0 Å². The van der Waals surface area contributed by atoms with Gasteiger partial charge in [-0.1, -0.05) is 12.1 Å². The van der Waals surface area contributed by atoms with E-state index in [1.165, 1.54) is 23.1 Å². The van der Waals surface area contributed by atoms with Gasteiger partial charge in [0.15, 0.2) is 17.3 Å². The number of ether oxygens (including phenoxy) is 2. The van der Waals surface area contributed by atoms with Crippen molar-refractivity contribution >= 4 is 17.6 Å². The second kappa shape index (κ2) is 11.7. The molecule has 0 unspecified atom stereocenters. The third kappa shape index (κ3) is 5.79. The van der Waals surface area contributed by atoms with Crippen LogP contribution in [0.5, 0.6) is 11.5 Å². The lowest BCUT2D eigenvalue weighted by Gasteiger charge is -2.36. The maximum atomic E-state index is 14.0. The number of anilines is 1. The molecule has 1 fully saturated rings. The molecule has 0 atom stereocenters. The fourth-order valence-electron chi connectivity index (χ4n) is 4.22. The second-order valence-electron chi connectivity index (χ2n) is 8.51. The smallest absolute Gasteiger partial charge is 0.257 e. The number of hydrogen-bond donors (Lipinski definition) is 0. The average molecular weight is 508 g/mol. The number of likely N-dealkylation sites (N-methyl/N-ethyl adjacent to an activating group) is 1. The number of carbonyl (C=O) groups is 2. The van der Waals surface area contributed by atoms with Crippen molar-refractivity contribution in [2.24, 2.45) is 0 Å². The van der Waals surface area contributed by atoms with Crippen LogP contribution in [0.2, 0.25) is 0 Å². The first-order valence-electron chi connectivity index (χ1n) is 12.1. The Hall–Kier alpha value is -4.21. The summed E-state index contributed by atoms with van der Waals surface area (Å²) >= 11 is 0. The zero-order chi connectivity index (χ0) is 26.4. The molecule has 2 amide bonds. The Morgan fingerprint density at radius 2 is 1.68 bits per heavy atom. The largest absolute Gasteiger partial charge is 0.493 e. The van der Waals surface area contributed by atoms with Gasteiger partial charge < -0.3 is 24.2 Å². The van der Waals surface area contributed by atoms with Crippen LogP contribution in [0.25, 0.3) is 11.3 Å². The molecular formula is C27H30FN5O4. The summed E-state index contributed by atoms with van der Waals surface area (Å²) in [4.78, 5) is 30.8. The van der Waals surface area contributed by atoms with E-state index in [0.29, 0.717) is 49.9 Å². The predicted molar refractivity (Wildman–Crippen MR) is 137 cm³/mol. The molecule has 4 rings (SSSR count). The van der Waals surface area contributed by atoms with E-state index < -0.39 is 11.7 Å². The highest BCUT2D eigenvalue weighted by Crippen LogP contribution is 2.31. The highest BCUT2D eigenvalue weighted by Gasteiger charge is 2.26. The summed E-state index contributed by atoms with van der Waals surface area (Å²) in [7, 11) is 3.17. The molecule has 2 aromatic carbocycles. The molecule has 1 aromatic heterocycles. The molecule has 2 heterocycles. The number of amides is 2. The molecule has 0 radical (unpaired) electrons. The Labute approximate surface area is 215 Å². The molecule has 0 bridgehead atoms. The average Bonchev–Trinajstić information content (AvgIpc) is 2.95. The van der Waals surface area contributed by atoms with Crippen LogP contribution in [0.1, 0.15) is 17.3 Å². The zero-order valence-corrected chi connectivity index (χ0v) is 21.2. The first kappa shape index (κ1) is 25.9. The van der Waals surface area contributed by atoms with E-state index in [2.05, 4.69) is 15.1 Å². The molecule has 10 heteroatoms. The number of rotatable bonds is 8. The maximum absolute atomic E-state index is 14.0. The lowest BCUT2D eigenvalue weighted by atomic mass is 10.1. The third-order valence-corrected chi connectivity index (χ3v) is 6.39. The van der Waals surface area contributed by atoms with Crippen molar-refractivity contribution in [1.82, 2.24) is 20.0 Å². The third-order valence-electron chi connectivity index (χ3n) is 6.39. The van der Waals surface area contributed by atoms with Crippen molar-refractivity contribution in [3.05, 3.63) is 66.0 Å². The first-order chi connectivity index (χ1) is 17.9. The standard InChI is InChI=1S/C27H30FN5O4/c1-4-31(27(35)20-7-5-6-8-21(20)28)18-26(34)33-15-13-32(14-16-33)25-12-10-22(29-30-25)19-9-11-23(36-2)24(17-19)37-3/h5-12,17H,4,13-16,18H2,1-3H3. The Bertz CT molecular complexity index is 1250. The molecule has 37 heavy (non-hydrogen) atoms. The summed E-state index contributed by atoms with van der Waals surface area (Å²) in [5, 5.41) is 8.76. The van der Waals surface area contributed by atoms with Crippen LogP contribution in [-0.4, -0.2) is 85.3 Å². The number of methoxy groups -OCH3 is 2. The minimum absolute atomic E-state index is 0.0305. The van der Waals surface area contributed by atoms with Gasteiger partial charge in [0.2, 0.25) is 5.91 Å². The Balaban J connectivity index is 1.34. The molecule has 0 saturated carbocycles. The quantitative estimate of drug-likeness (QED) is 0.463. The lowest BCUT2D eigenvalue weighted by Crippen LogP contribution is -2.52. The Morgan fingerprint density at radius 3 is 2.30 bits per heavy atom. The van der Waals surface area contributed by atoms with Crippen LogP contribution >= 0.6 is 0 Å². The van der Waals surface area contributed by atoms with Crippen molar-refractivity contribution < 1.29 is 23.5 Å². The first-order valence-corrected chi connectivity index (χ1v) is 12.1. The summed E-state index contributed by atoms with van der Waals surface area (Å²) in [5.41, 5.74) is 1.53. The predicted octanol–water partition coefficient (Wildman–Crippen LogP) is 3.11. The fraction of sp³-hybridized carbons (Fsp3) is 0.333. The van der Waals surface area contributed by atoms with Gasteiger partial charge in [0, 0.05) is 38.3 Å². The van der Waals surface area contributed by atoms with Crippen LogP contribution in [0.4, 0.5) is 10.2 Å². The molecule has 9 nitrogen and oxygen atoms in total. The van der Waals surface area contributed by atoms with E-state index in [0.717, 1.165) is 11.4 Å². The fourth-order valence-corrected chi connectivity index (χ4v) is 4.22. The Kier molecular flexibility index (Phi) is 8.17. The normalized spacial score (nSPS) is 13.3. The number of aromatic nitrogens is 2. The monoisotopic (exact) mass is 507 g/mol. The van der Waals surface area contributed by atoms with Gasteiger partial charge in [-0.3, -0.25) is 9.59 Å². The lowest BCUT2D eigenvalue weighted by molar-refractivity contribution is -0.132. The molecule has 0 aliphatic carbocycles. The van der Waals surface area contributed by atoms with Gasteiger partial charge in [-0.25, -0.2) is 4.39 Å². The van der Waals surface area contributed by atoms with E-state index in [1.54, 1.807) is 32.1 Å². The molecule has 194 valence electrons. The van der Waals surface area contributed by atoms with Crippen LogP contribution in [0, 0.1) is 5.82 Å². The molecule has 0 spiro atoms. The van der Waals surface area contributed by atoms with Gasteiger partial charge in [0.25, 0.3) is 5.91 Å². The molecule has 0 N–H and O–H groups in total. The van der Waals surface area contributed by atoms with Crippen molar-refractivity contribution in [3.63, 3.8) is 0 Å². The van der Waals surface area contributed by atoms with Crippen LogP contribution in [0.15, 0.2) is 54.6 Å². The molecular weight excluding hydrogens is 477 g/mol. The van der Waals surface area contributed by atoms with Crippen molar-refractivity contribution in [2.75, 3.05) is 58.4 Å².